The molecule has 0 atom stereocenters. The molecule has 23 heavy (non-hydrogen) atoms. The lowest BCUT2D eigenvalue weighted by atomic mass is 10.1. The van der Waals surface area contributed by atoms with Gasteiger partial charge in [0.15, 0.2) is 0 Å². The number of nitriles is 1. The maximum absolute atomic E-state index is 11.4. The van der Waals surface area contributed by atoms with Crippen LogP contribution in [0.15, 0.2) is 30.3 Å². The van der Waals surface area contributed by atoms with E-state index in [-0.39, 0.29) is 10.6 Å². The lowest BCUT2D eigenvalue weighted by Crippen LogP contribution is -2.11. The number of carbonyl (C=O) groups is 1. The third-order valence-corrected chi connectivity index (χ3v) is 3.55. The summed E-state index contributed by atoms with van der Waals surface area (Å²) in [5.74, 6) is 0.969. The van der Waals surface area contributed by atoms with Gasteiger partial charge in [0.2, 0.25) is 0 Å². The van der Waals surface area contributed by atoms with E-state index >= 15 is 0 Å². The van der Waals surface area contributed by atoms with Crippen LogP contribution in [0.25, 0.3) is 0 Å². The second-order valence-corrected chi connectivity index (χ2v) is 5.29. The lowest BCUT2D eigenvalue weighted by Gasteiger charge is -2.14. The Kier molecular flexibility index (Phi) is 5.09. The number of ether oxygens (including phenoxy) is 2. The van der Waals surface area contributed by atoms with Gasteiger partial charge in [-0.3, -0.25) is 5.32 Å². The largest absolute Gasteiger partial charge is 0.455 e. The Balaban J connectivity index is 2.46. The van der Waals surface area contributed by atoms with Gasteiger partial charge in [-0.25, -0.2) is 4.79 Å². The van der Waals surface area contributed by atoms with Crippen LogP contribution in [0.5, 0.6) is 11.5 Å². The molecule has 2 aromatic rings. The Hall–Kier alpha value is -2.71. The van der Waals surface area contributed by atoms with Gasteiger partial charge < -0.3 is 9.47 Å². The van der Waals surface area contributed by atoms with Crippen LogP contribution in [-0.4, -0.2) is 13.2 Å². The Bertz CT molecular complexity index is 777. The molecule has 0 fully saturated rings. The fourth-order valence-corrected chi connectivity index (χ4v) is 2.26. The van der Waals surface area contributed by atoms with Crippen LogP contribution in [0, 0.1) is 25.2 Å². The number of amides is 1. The Morgan fingerprint density at radius 3 is 2.48 bits per heavy atom. The SMILES string of the molecule is COC(=O)Nc1cc(Oc2c(C)cccc2C)c(C#N)cc1Cl. The van der Waals surface area contributed by atoms with Crippen molar-refractivity contribution in [3.8, 4) is 17.6 Å². The van der Waals surface area contributed by atoms with E-state index in [1.807, 2.05) is 38.1 Å². The molecule has 0 heterocycles. The number of anilines is 1. The molecule has 0 aliphatic rings. The van der Waals surface area contributed by atoms with E-state index in [9.17, 15) is 10.1 Å². The normalized spacial score (nSPS) is 9.87. The molecule has 1 N–H and O–H groups in total. The van der Waals surface area contributed by atoms with Gasteiger partial charge in [-0.1, -0.05) is 29.8 Å². The Morgan fingerprint density at radius 1 is 1.26 bits per heavy atom. The van der Waals surface area contributed by atoms with Crippen molar-refractivity contribution in [1.82, 2.24) is 0 Å². The number of para-hydroxylation sites is 1. The molecule has 0 radical (unpaired) electrons. The van der Waals surface area contributed by atoms with Crippen LogP contribution in [0.4, 0.5) is 10.5 Å². The zero-order valence-corrected chi connectivity index (χ0v) is 13.7. The zero-order valence-electron chi connectivity index (χ0n) is 12.9. The summed E-state index contributed by atoms with van der Waals surface area (Å²) in [4.78, 5) is 11.4. The highest BCUT2D eigenvalue weighted by Gasteiger charge is 2.14. The molecule has 2 aromatic carbocycles. The van der Waals surface area contributed by atoms with E-state index in [1.54, 1.807) is 0 Å². The van der Waals surface area contributed by atoms with Crippen molar-refractivity contribution < 1.29 is 14.3 Å². The van der Waals surface area contributed by atoms with Crippen molar-refractivity contribution in [2.75, 3.05) is 12.4 Å². The standard InChI is InChI=1S/C17H15ClN2O3/c1-10-5-4-6-11(2)16(10)23-15-8-14(20-17(21)22-3)13(18)7-12(15)9-19/h4-8H,1-3H3,(H,20,21). The predicted octanol–water partition coefficient (Wildman–Crippen LogP) is 4.80. The fraction of sp³-hybridized carbons (Fsp3) is 0.176. The maximum Gasteiger partial charge on any atom is 0.411 e. The van der Waals surface area contributed by atoms with Crippen LogP contribution < -0.4 is 10.1 Å². The molecular formula is C17H15ClN2O3. The average molecular weight is 331 g/mol. The first-order chi connectivity index (χ1) is 11.0. The third-order valence-electron chi connectivity index (χ3n) is 3.23. The van der Waals surface area contributed by atoms with Gasteiger partial charge in [0.25, 0.3) is 0 Å². The minimum atomic E-state index is -0.658. The number of hydrogen-bond donors (Lipinski definition) is 1. The van der Waals surface area contributed by atoms with E-state index in [1.165, 1.54) is 19.2 Å². The molecule has 5 nitrogen and oxygen atoms in total. The van der Waals surface area contributed by atoms with Gasteiger partial charge in [-0.05, 0) is 31.0 Å². The molecule has 0 aromatic heterocycles. The van der Waals surface area contributed by atoms with Gasteiger partial charge >= 0.3 is 6.09 Å². The molecule has 0 aliphatic carbocycles. The molecule has 0 unspecified atom stereocenters. The number of nitrogens with one attached hydrogen (secondary N) is 1. The molecule has 2 rings (SSSR count). The minimum absolute atomic E-state index is 0.223. The van der Waals surface area contributed by atoms with E-state index in [0.29, 0.717) is 17.2 Å². The molecule has 0 saturated heterocycles. The first-order valence-corrected chi connectivity index (χ1v) is 7.16. The predicted molar refractivity (Wildman–Crippen MR) is 88.2 cm³/mol. The van der Waals surface area contributed by atoms with E-state index in [0.717, 1.165) is 11.1 Å². The summed E-state index contributed by atoms with van der Waals surface area (Å²) in [6.07, 6.45) is -0.658. The van der Waals surface area contributed by atoms with Crippen molar-refractivity contribution >= 4 is 23.4 Å². The summed E-state index contributed by atoms with van der Waals surface area (Å²) in [5, 5.41) is 12.0. The van der Waals surface area contributed by atoms with E-state index < -0.39 is 6.09 Å². The van der Waals surface area contributed by atoms with Crippen molar-refractivity contribution in [2.24, 2.45) is 0 Å². The summed E-state index contributed by atoms with van der Waals surface area (Å²) >= 11 is 6.07. The monoisotopic (exact) mass is 330 g/mol. The summed E-state index contributed by atoms with van der Waals surface area (Å²) in [7, 11) is 1.25. The van der Waals surface area contributed by atoms with Gasteiger partial charge in [-0.15, -0.1) is 0 Å². The third kappa shape index (κ3) is 3.74. The summed E-state index contributed by atoms with van der Waals surface area (Å²) < 4.78 is 10.4. The van der Waals surface area contributed by atoms with Crippen LogP contribution in [-0.2, 0) is 4.74 Å². The smallest absolute Gasteiger partial charge is 0.411 e. The summed E-state index contributed by atoms with van der Waals surface area (Å²) in [6, 6.07) is 10.7. The quantitative estimate of drug-likeness (QED) is 0.877. The number of nitrogens with zero attached hydrogens (tertiary/aromatic N) is 1. The van der Waals surface area contributed by atoms with Crippen molar-refractivity contribution in [1.29, 1.82) is 5.26 Å². The molecule has 1 amide bonds. The second-order valence-electron chi connectivity index (χ2n) is 4.88. The number of hydrogen-bond acceptors (Lipinski definition) is 4. The van der Waals surface area contributed by atoms with Gasteiger partial charge in [0.05, 0.1) is 23.4 Å². The van der Waals surface area contributed by atoms with E-state index in [2.05, 4.69) is 10.1 Å². The highest BCUT2D eigenvalue weighted by molar-refractivity contribution is 6.33. The van der Waals surface area contributed by atoms with E-state index in [4.69, 9.17) is 16.3 Å². The minimum Gasteiger partial charge on any atom is -0.455 e. The zero-order chi connectivity index (χ0) is 17.0. The first kappa shape index (κ1) is 16.7. The van der Waals surface area contributed by atoms with Gasteiger partial charge in [0, 0.05) is 6.07 Å². The number of methoxy groups -OCH3 is 1. The van der Waals surface area contributed by atoms with Crippen molar-refractivity contribution in [2.45, 2.75) is 13.8 Å². The van der Waals surface area contributed by atoms with Crippen LogP contribution in [0.1, 0.15) is 16.7 Å². The summed E-state index contributed by atoms with van der Waals surface area (Å²) in [6.45, 7) is 3.83. The summed E-state index contributed by atoms with van der Waals surface area (Å²) in [5.41, 5.74) is 2.45. The van der Waals surface area contributed by atoms with Gasteiger partial charge in [0.1, 0.15) is 17.6 Å². The number of halogens is 1. The maximum atomic E-state index is 11.4. The number of carbonyl (C=O) groups excluding carboxylic acids is 1. The van der Waals surface area contributed by atoms with Crippen molar-refractivity contribution in [3.63, 3.8) is 0 Å². The number of aryl methyl sites for hydroxylation is 2. The number of benzene rings is 2. The van der Waals surface area contributed by atoms with Gasteiger partial charge in [-0.2, -0.15) is 5.26 Å². The average Bonchev–Trinajstić information content (AvgIpc) is 2.53. The molecule has 118 valence electrons. The fourth-order valence-electron chi connectivity index (χ4n) is 2.05. The topological polar surface area (TPSA) is 71.3 Å². The highest BCUT2D eigenvalue weighted by atomic mass is 35.5. The lowest BCUT2D eigenvalue weighted by molar-refractivity contribution is 0.187. The molecule has 0 saturated carbocycles. The molecule has 0 aliphatic heterocycles. The highest BCUT2D eigenvalue weighted by Crippen LogP contribution is 2.35. The first-order valence-electron chi connectivity index (χ1n) is 6.79. The van der Waals surface area contributed by atoms with Crippen LogP contribution in [0.3, 0.4) is 0 Å². The Labute approximate surface area is 139 Å². The number of rotatable bonds is 3. The Morgan fingerprint density at radius 2 is 1.91 bits per heavy atom. The van der Waals surface area contributed by atoms with Crippen molar-refractivity contribution in [3.05, 3.63) is 52.0 Å². The van der Waals surface area contributed by atoms with Crippen LogP contribution in [0.2, 0.25) is 5.02 Å². The van der Waals surface area contributed by atoms with Crippen LogP contribution >= 0.6 is 11.6 Å². The molecule has 6 heteroatoms. The molecule has 0 bridgehead atoms. The molecular weight excluding hydrogens is 316 g/mol. The second kappa shape index (κ2) is 7.03. The molecule has 0 spiro atoms.